The number of methoxy groups -OCH3 is 1. The van der Waals surface area contributed by atoms with Gasteiger partial charge in [-0.3, -0.25) is 4.79 Å². The average molecular weight is 317 g/mol. The van der Waals surface area contributed by atoms with Crippen molar-refractivity contribution in [2.24, 2.45) is 0 Å². The number of esters is 1. The maximum Gasteiger partial charge on any atom is 0.324 e. The Labute approximate surface area is 113 Å². The van der Waals surface area contributed by atoms with Crippen LogP contribution in [0.4, 0.5) is 4.39 Å². The smallest absolute Gasteiger partial charge is 0.324 e. The molecule has 1 aliphatic heterocycles. The maximum absolute atomic E-state index is 13.6. The van der Waals surface area contributed by atoms with Gasteiger partial charge in [0.1, 0.15) is 10.6 Å². The van der Waals surface area contributed by atoms with E-state index in [9.17, 15) is 9.18 Å². The molecule has 18 heavy (non-hydrogen) atoms. The fraction of sp³-hybridized carbons (Fsp3) is 0.462. The van der Waals surface area contributed by atoms with Crippen molar-refractivity contribution >= 4 is 21.9 Å². The number of alkyl halides is 1. The Bertz CT molecular complexity index is 476. The normalized spacial score (nSPS) is 20.1. The van der Waals surface area contributed by atoms with E-state index in [2.05, 4.69) is 20.7 Å². The number of carbonyl (C=O) groups excluding carboxylic acids is 1. The topological polar surface area (TPSA) is 35.5 Å². The van der Waals surface area contributed by atoms with Crippen LogP contribution in [-0.4, -0.2) is 19.7 Å². The molecule has 1 aromatic rings. The molecule has 2 atom stereocenters. The SMILES string of the molecule is COC(=O)C(Br)c1cc(F)cc2c1[C@@H](C)OCC2. The van der Waals surface area contributed by atoms with Gasteiger partial charge >= 0.3 is 5.97 Å². The number of benzene rings is 1. The van der Waals surface area contributed by atoms with Gasteiger partial charge in [0.05, 0.1) is 19.8 Å². The van der Waals surface area contributed by atoms with Gasteiger partial charge in [0.25, 0.3) is 0 Å². The third kappa shape index (κ3) is 2.42. The molecule has 0 spiro atoms. The molecule has 0 aromatic heterocycles. The van der Waals surface area contributed by atoms with E-state index in [1.807, 2.05) is 6.92 Å². The van der Waals surface area contributed by atoms with Crippen LogP contribution < -0.4 is 0 Å². The van der Waals surface area contributed by atoms with Crippen molar-refractivity contribution in [3.63, 3.8) is 0 Å². The summed E-state index contributed by atoms with van der Waals surface area (Å²) in [7, 11) is 1.31. The zero-order valence-corrected chi connectivity index (χ0v) is 11.8. The number of halogens is 2. The molecule has 0 amide bonds. The molecule has 5 heteroatoms. The fourth-order valence-electron chi connectivity index (χ4n) is 2.27. The molecule has 0 radical (unpaired) electrons. The summed E-state index contributed by atoms with van der Waals surface area (Å²) in [5.74, 6) is -0.785. The lowest BCUT2D eigenvalue weighted by atomic mass is 9.91. The molecule has 1 heterocycles. The predicted octanol–water partition coefficient (Wildman–Crippen LogP) is 3.07. The molecule has 0 aliphatic carbocycles. The summed E-state index contributed by atoms with van der Waals surface area (Å²) in [6.45, 7) is 2.47. The van der Waals surface area contributed by atoms with Gasteiger partial charge in [0.15, 0.2) is 0 Å². The molecule has 98 valence electrons. The molecule has 0 saturated heterocycles. The highest BCUT2D eigenvalue weighted by molar-refractivity contribution is 9.09. The Morgan fingerprint density at radius 2 is 2.33 bits per heavy atom. The third-order valence-electron chi connectivity index (χ3n) is 3.09. The standard InChI is InChI=1S/C13H14BrFO3/c1-7-11-8(3-4-18-7)5-9(15)6-10(11)12(14)13(16)17-2/h5-7,12H,3-4H2,1-2H3/t7-,12?/m1/s1. The first-order valence-electron chi connectivity index (χ1n) is 5.70. The van der Waals surface area contributed by atoms with Crippen molar-refractivity contribution in [2.45, 2.75) is 24.3 Å². The molecule has 0 saturated carbocycles. The van der Waals surface area contributed by atoms with E-state index in [-0.39, 0.29) is 11.9 Å². The highest BCUT2D eigenvalue weighted by Gasteiger charge is 2.28. The highest BCUT2D eigenvalue weighted by Crippen LogP contribution is 2.37. The van der Waals surface area contributed by atoms with Crippen LogP contribution >= 0.6 is 15.9 Å². The molecular formula is C13H14BrFO3. The Morgan fingerprint density at radius 3 is 3.00 bits per heavy atom. The van der Waals surface area contributed by atoms with Crippen molar-refractivity contribution in [3.05, 3.63) is 34.6 Å². The van der Waals surface area contributed by atoms with Crippen molar-refractivity contribution in [2.75, 3.05) is 13.7 Å². The largest absolute Gasteiger partial charge is 0.468 e. The maximum atomic E-state index is 13.6. The van der Waals surface area contributed by atoms with Crippen LogP contribution in [0.3, 0.4) is 0 Å². The predicted molar refractivity (Wildman–Crippen MR) is 68.2 cm³/mol. The number of hydrogen-bond acceptors (Lipinski definition) is 3. The molecule has 3 nitrogen and oxygen atoms in total. The highest BCUT2D eigenvalue weighted by atomic mass is 79.9. The second-order valence-electron chi connectivity index (χ2n) is 4.22. The lowest BCUT2D eigenvalue weighted by molar-refractivity contribution is -0.139. The zero-order chi connectivity index (χ0) is 13.3. The summed E-state index contributed by atoms with van der Waals surface area (Å²) in [6, 6.07) is 2.87. The lowest BCUT2D eigenvalue weighted by Gasteiger charge is -2.27. The summed E-state index contributed by atoms with van der Waals surface area (Å²) in [5.41, 5.74) is 2.37. The van der Waals surface area contributed by atoms with Gasteiger partial charge in [-0.1, -0.05) is 15.9 Å². The first-order chi connectivity index (χ1) is 8.54. The Hall–Kier alpha value is -0.940. The molecule has 1 unspecified atom stereocenters. The second kappa shape index (κ2) is 5.36. The molecule has 0 N–H and O–H groups in total. The number of fused-ring (bicyclic) bond motifs is 1. The zero-order valence-electron chi connectivity index (χ0n) is 10.2. The molecule has 1 aromatic carbocycles. The van der Waals surface area contributed by atoms with Crippen molar-refractivity contribution < 1.29 is 18.7 Å². The van der Waals surface area contributed by atoms with Gasteiger partial charge in [-0.15, -0.1) is 0 Å². The lowest BCUT2D eigenvalue weighted by Crippen LogP contribution is -2.19. The van der Waals surface area contributed by atoms with Crippen LogP contribution in [-0.2, 0) is 20.7 Å². The van der Waals surface area contributed by atoms with Crippen LogP contribution in [0.5, 0.6) is 0 Å². The van der Waals surface area contributed by atoms with E-state index >= 15 is 0 Å². The van der Waals surface area contributed by atoms with Crippen LogP contribution in [0.25, 0.3) is 0 Å². The van der Waals surface area contributed by atoms with Gasteiger partial charge < -0.3 is 9.47 Å². The quantitative estimate of drug-likeness (QED) is 0.621. The molecule has 0 fully saturated rings. The summed E-state index contributed by atoms with van der Waals surface area (Å²) >= 11 is 3.26. The minimum atomic E-state index is -0.670. The van der Waals surface area contributed by atoms with E-state index in [0.29, 0.717) is 18.6 Å². The van der Waals surface area contributed by atoms with E-state index in [0.717, 1.165) is 11.1 Å². The van der Waals surface area contributed by atoms with E-state index in [1.54, 1.807) is 0 Å². The summed E-state index contributed by atoms with van der Waals surface area (Å²) in [5, 5.41) is 0. The number of rotatable bonds is 2. The van der Waals surface area contributed by atoms with Gasteiger partial charge in [0, 0.05) is 0 Å². The van der Waals surface area contributed by atoms with E-state index < -0.39 is 10.8 Å². The molecule has 0 bridgehead atoms. The Balaban J connectivity index is 2.52. The minimum Gasteiger partial charge on any atom is -0.468 e. The number of ether oxygens (including phenoxy) is 2. The third-order valence-corrected chi connectivity index (χ3v) is 3.96. The summed E-state index contributed by atoms with van der Waals surface area (Å²) in [6.07, 6.45) is 0.514. The van der Waals surface area contributed by atoms with Gasteiger partial charge in [-0.25, -0.2) is 4.39 Å². The second-order valence-corrected chi connectivity index (χ2v) is 5.13. The first-order valence-corrected chi connectivity index (χ1v) is 6.62. The summed E-state index contributed by atoms with van der Waals surface area (Å²) in [4.78, 5) is 10.9. The van der Waals surface area contributed by atoms with Gasteiger partial charge in [0.2, 0.25) is 0 Å². The molecule has 1 aliphatic rings. The van der Waals surface area contributed by atoms with E-state index in [4.69, 9.17) is 4.74 Å². The molecular weight excluding hydrogens is 303 g/mol. The number of hydrogen-bond donors (Lipinski definition) is 0. The molecule has 2 rings (SSSR count). The van der Waals surface area contributed by atoms with Crippen molar-refractivity contribution in [1.82, 2.24) is 0 Å². The first kappa shape index (κ1) is 13.5. The van der Waals surface area contributed by atoms with Gasteiger partial charge in [-0.05, 0) is 42.2 Å². The summed E-state index contributed by atoms with van der Waals surface area (Å²) < 4.78 is 23.8. The van der Waals surface area contributed by atoms with Crippen LogP contribution in [0, 0.1) is 5.82 Å². The van der Waals surface area contributed by atoms with Crippen LogP contribution in [0.15, 0.2) is 12.1 Å². The van der Waals surface area contributed by atoms with E-state index in [1.165, 1.54) is 19.2 Å². The number of carbonyl (C=O) groups is 1. The Morgan fingerprint density at radius 1 is 1.61 bits per heavy atom. The van der Waals surface area contributed by atoms with Crippen molar-refractivity contribution in [1.29, 1.82) is 0 Å². The van der Waals surface area contributed by atoms with Crippen LogP contribution in [0.1, 0.15) is 34.5 Å². The van der Waals surface area contributed by atoms with Crippen molar-refractivity contribution in [3.8, 4) is 0 Å². The Kier molecular flexibility index (Phi) is 4.02. The average Bonchev–Trinajstić information content (AvgIpc) is 2.36. The van der Waals surface area contributed by atoms with Crippen LogP contribution in [0.2, 0.25) is 0 Å². The minimum absolute atomic E-state index is 0.144. The fourth-order valence-corrected chi connectivity index (χ4v) is 2.84. The van der Waals surface area contributed by atoms with Gasteiger partial charge in [-0.2, -0.15) is 0 Å². The monoisotopic (exact) mass is 316 g/mol.